The Labute approximate surface area is 100 Å². The van der Waals surface area contributed by atoms with Gasteiger partial charge in [0.05, 0.1) is 22.1 Å². The summed E-state index contributed by atoms with van der Waals surface area (Å²) in [6.45, 7) is 3.76. The van der Waals surface area contributed by atoms with Gasteiger partial charge in [-0.15, -0.1) is 0 Å². The Morgan fingerprint density at radius 3 is 2.53 bits per heavy atom. The van der Waals surface area contributed by atoms with Crippen LogP contribution in [0.2, 0.25) is 5.15 Å². The molecule has 2 rings (SSSR count). The first-order valence-corrected chi connectivity index (χ1v) is 5.46. The first-order valence-electron chi connectivity index (χ1n) is 4.29. The minimum Gasteiger partial charge on any atom is -0.236 e. The minimum atomic E-state index is 0.355. The average molecular weight is 288 g/mol. The van der Waals surface area contributed by atoms with Crippen LogP contribution in [0.25, 0.3) is 5.82 Å². The molecule has 0 saturated heterocycles. The molecule has 0 aliphatic carbocycles. The van der Waals surface area contributed by atoms with Crippen molar-refractivity contribution in [1.82, 2.24) is 19.7 Å². The van der Waals surface area contributed by atoms with Crippen molar-refractivity contribution in [3.8, 4) is 5.82 Å². The Balaban J connectivity index is 2.58. The van der Waals surface area contributed by atoms with Gasteiger partial charge in [0.2, 0.25) is 0 Å². The third-order valence-corrected chi connectivity index (χ3v) is 2.68. The number of hydrogen-bond donors (Lipinski definition) is 0. The van der Waals surface area contributed by atoms with Crippen molar-refractivity contribution in [2.24, 2.45) is 0 Å². The number of rotatable bonds is 1. The maximum atomic E-state index is 6.00. The lowest BCUT2D eigenvalue weighted by molar-refractivity contribution is 0.824. The molecule has 2 aromatic rings. The van der Waals surface area contributed by atoms with E-state index in [-0.39, 0.29) is 0 Å². The van der Waals surface area contributed by atoms with Crippen molar-refractivity contribution in [3.63, 3.8) is 0 Å². The molecule has 2 heterocycles. The standard InChI is InChI=1S/C9H8BrClN4/c1-5-6(2)14-9(8(11)13-5)15-4-7(10)3-12-15/h3-4H,1-2H3. The molecule has 2 aromatic heterocycles. The third kappa shape index (κ3) is 2.03. The van der Waals surface area contributed by atoms with Gasteiger partial charge in [-0.2, -0.15) is 5.10 Å². The number of aryl methyl sites for hydroxylation is 2. The number of hydrogen-bond acceptors (Lipinski definition) is 3. The van der Waals surface area contributed by atoms with E-state index in [0.29, 0.717) is 11.0 Å². The SMILES string of the molecule is Cc1nc(Cl)c(-n2cc(Br)cn2)nc1C. The third-order valence-electron chi connectivity index (χ3n) is 2.02. The zero-order valence-corrected chi connectivity index (χ0v) is 10.5. The van der Waals surface area contributed by atoms with Crippen LogP contribution >= 0.6 is 27.5 Å². The second-order valence-corrected chi connectivity index (χ2v) is 4.39. The molecule has 0 atom stereocenters. The zero-order valence-electron chi connectivity index (χ0n) is 8.20. The molecule has 0 spiro atoms. The van der Waals surface area contributed by atoms with Crippen LogP contribution in [0.1, 0.15) is 11.4 Å². The highest BCUT2D eigenvalue weighted by atomic mass is 79.9. The lowest BCUT2D eigenvalue weighted by atomic mass is 10.3. The summed E-state index contributed by atoms with van der Waals surface area (Å²) in [5, 5.41) is 4.46. The predicted octanol–water partition coefficient (Wildman–Crippen LogP) is 2.70. The van der Waals surface area contributed by atoms with Crippen LogP contribution in [0.15, 0.2) is 16.9 Å². The molecule has 0 unspecified atom stereocenters. The molecule has 0 radical (unpaired) electrons. The highest BCUT2D eigenvalue weighted by Gasteiger charge is 2.09. The molecule has 0 N–H and O–H groups in total. The Kier molecular flexibility index (Phi) is 2.75. The summed E-state index contributed by atoms with van der Waals surface area (Å²) < 4.78 is 2.46. The van der Waals surface area contributed by atoms with E-state index in [2.05, 4.69) is 31.0 Å². The van der Waals surface area contributed by atoms with Gasteiger partial charge in [0.25, 0.3) is 0 Å². The molecule has 0 bridgehead atoms. The van der Waals surface area contributed by atoms with E-state index < -0.39 is 0 Å². The van der Waals surface area contributed by atoms with E-state index >= 15 is 0 Å². The fraction of sp³-hybridized carbons (Fsp3) is 0.222. The molecule has 0 aliphatic heterocycles. The van der Waals surface area contributed by atoms with Gasteiger partial charge < -0.3 is 0 Å². The average Bonchev–Trinajstić information content (AvgIpc) is 2.58. The lowest BCUT2D eigenvalue weighted by Crippen LogP contribution is -2.04. The molecular weight excluding hydrogens is 279 g/mol. The molecular formula is C9H8BrClN4. The van der Waals surface area contributed by atoms with Crippen LogP contribution < -0.4 is 0 Å². The Hall–Kier alpha value is -0.940. The quantitative estimate of drug-likeness (QED) is 0.810. The fourth-order valence-electron chi connectivity index (χ4n) is 1.13. The van der Waals surface area contributed by atoms with E-state index in [1.54, 1.807) is 17.1 Å². The van der Waals surface area contributed by atoms with Crippen molar-refractivity contribution < 1.29 is 0 Å². The largest absolute Gasteiger partial charge is 0.236 e. The van der Waals surface area contributed by atoms with Crippen LogP contribution in [0.5, 0.6) is 0 Å². The topological polar surface area (TPSA) is 43.6 Å². The van der Waals surface area contributed by atoms with Gasteiger partial charge in [-0.25, -0.2) is 14.6 Å². The summed E-state index contributed by atoms with van der Waals surface area (Å²) >= 11 is 9.31. The van der Waals surface area contributed by atoms with Crippen molar-refractivity contribution in [1.29, 1.82) is 0 Å². The van der Waals surface area contributed by atoms with Crippen LogP contribution in [0.3, 0.4) is 0 Å². The Morgan fingerprint density at radius 2 is 1.93 bits per heavy atom. The van der Waals surface area contributed by atoms with E-state index in [1.807, 2.05) is 13.8 Å². The van der Waals surface area contributed by atoms with Crippen molar-refractivity contribution in [3.05, 3.63) is 33.4 Å². The second-order valence-electron chi connectivity index (χ2n) is 3.11. The van der Waals surface area contributed by atoms with Gasteiger partial charge in [0, 0.05) is 6.20 Å². The molecule has 0 aromatic carbocycles. The molecule has 6 heteroatoms. The lowest BCUT2D eigenvalue weighted by Gasteiger charge is -2.05. The van der Waals surface area contributed by atoms with Crippen LogP contribution in [-0.2, 0) is 0 Å². The van der Waals surface area contributed by atoms with E-state index in [9.17, 15) is 0 Å². The molecule has 0 amide bonds. The van der Waals surface area contributed by atoms with Gasteiger partial charge in [-0.05, 0) is 29.8 Å². The predicted molar refractivity (Wildman–Crippen MR) is 61.3 cm³/mol. The van der Waals surface area contributed by atoms with E-state index in [0.717, 1.165) is 15.9 Å². The molecule has 78 valence electrons. The summed E-state index contributed by atoms with van der Waals surface area (Å²) in [6, 6.07) is 0. The molecule has 0 aliphatic rings. The number of aromatic nitrogens is 4. The summed E-state index contributed by atoms with van der Waals surface area (Å²) in [7, 11) is 0. The summed E-state index contributed by atoms with van der Waals surface area (Å²) in [4.78, 5) is 8.53. The van der Waals surface area contributed by atoms with Crippen LogP contribution in [0, 0.1) is 13.8 Å². The fourth-order valence-corrected chi connectivity index (χ4v) is 1.67. The molecule has 4 nitrogen and oxygen atoms in total. The first-order chi connectivity index (χ1) is 7.08. The van der Waals surface area contributed by atoms with Crippen molar-refractivity contribution in [2.75, 3.05) is 0 Å². The first kappa shape index (κ1) is 10.6. The van der Waals surface area contributed by atoms with Gasteiger partial charge in [-0.1, -0.05) is 11.6 Å². The van der Waals surface area contributed by atoms with E-state index in [1.165, 1.54) is 0 Å². The maximum Gasteiger partial charge on any atom is 0.191 e. The Morgan fingerprint density at radius 1 is 1.27 bits per heavy atom. The monoisotopic (exact) mass is 286 g/mol. The van der Waals surface area contributed by atoms with Gasteiger partial charge in [0.1, 0.15) is 0 Å². The smallest absolute Gasteiger partial charge is 0.191 e. The second kappa shape index (κ2) is 3.90. The minimum absolute atomic E-state index is 0.355. The van der Waals surface area contributed by atoms with Crippen LogP contribution in [-0.4, -0.2) is 19.7 Å². The molecule has 15 heavy (non-hydrogen) atoms. The Bertz CT molecular complexity index is 509. The zero-order chi connectivity index (χ0) is 11.0. The highest BCUT2D eigenvalue weighted by molar-refractivity contribution is 9.10. The van der Waals surface area contributed by atoms with Gasteiger partial charge in [0.15, 0.2) is 11.0 Å². The van der Waals surface area contributed by atoms with Crippen molar-refractivity contribution >= 4 is 27.5 Å². The number of nitrogens with zero attached hydrogens (tertiary/aromatic N) is 4. The van der Waals surface area contributed by atoms with Gasteiger partial charge in [-0.3, -0.25) is 0 Å². The summed E-state index contributed by atoms with van der Waals surface area (Å²) in [6.07, 6.45) is 3.46. The van der Waals surface area contributed by atoms with E-state index in [4.69, 9.17) is 11.6 Å². The normalized spacial score (nSPS) is 10.7. The van der Waals surface area contributed by atoms with Crippen LogP contribution in [0.4, 0.5) is 0 Å². The maximum absolute atomic E-state index is 6.00. The summed E-state index contributed by atoms with van der Waals surface area (Å²) in [5.74, 6) is 0.547. The van der Waals surface area contributed by atoms with Gasteiger partial charge >= 0.3 is 0 Å². The number of halogens is 2. The summed E-state index contributed by atoms with van der Waals surface area (Å²) in [5.41, 5.74) is 1.68. The highest BCUT2D eigenvalue weighted by Crippen LogP contribution is 2.18. The van der Waals surface area contributed by atoms with Crippen molar-refractivity contribution in [2.45, 2.75) is 13.8 Å². The molecule has 0 fully saturated rings. The molecule has 0 saturated carbocycles.